The fourth-order valence-electron chi connectivity index (χ4n) is 2.91. The van der Waals surface area contributed by atoms with E-state index in [0.717, 1.165) is 12.2 Å². The molecule has 1 fully saturated rings. The van der Waals surface area contributed by atoms with Gasteiger partial charge < -0.3 is 10.6 Å². The zero-order valence-corrected chi connectivity index (χ0v) is 12.8. The van der Waals surface area contributed by atoms with E-state index in [1.54, 1.807) is 0 Å². The molecule has 0 radical (unpaired) electrons. The Kier molecular flexibility index (Phi) is 4.81. The summed E-state index contributed by atoms with van der Waals surface area (Å²) in [4.78, 5) is 11.1. The molecule has 1 aromatic rings. The second kappa shape index (κ2) is 6.40. The van der Waals surface area contributed by atoms with Gasteiger partial charge in [0.1, 0.15) is 0 Å². The highest BCUT2D eigenvalue weighted by atomic mass is 16.1. The largest absolute Gasteiger partial charge is 0.326 e. The van der Waals surface area contributed by atoms with Gasteiger partial charge in [0.05, 0.1) is 0 Å². The molecule has 1 atom stereocenters. The minimum absolute atomic E-state index is 0.0258. The average Bonchev–Trinajstić information content (AvgIpc) is 2.37. The number of anilines is 1. The van der Waals surface area contributed by atoms with E-state index in [9.17, 15) is 4.79 Å². The normalized spacial score (nSPS) is 18.1. The highest BCUT2D eigenvalue weighted by Crippen LogP contribution is 2.43. The van der Waals surface area contributed by atoms with Crippen LogP contribution in [0, 0.1) is 5.41 Å². The molecule has 0 aliphatic heterocycles. The van der Waals surface area contributed by atoms with Crippen LogP contribution in [-0.4, -0.2) is 12.5 Å². The van der Waals surface area contributed by atoms with E-state index in [2.05, 4.69) is 36.6 Å². The summed E-state index contributed by atoms with van der Waals surface area (Å²) in [6, 6.07) is 8.41. The summed E-state index contributed by atoms with van der Waals surface area (Å²) in [6.07, 6.45) is 5.35. The van der Waals surface area contributed by atoms with Crippen molar-refractivity contribution in [2.75, 3.05) is 11.9 Å². The van der Waals surface area contributed by atoms with Crippen molar-refractivity contribution >= 4 is 11.6 Å². The van der Waals surface area contributed by atoms with Crippen LogP contribution >= 0.6 is 0 Å². The maximum absolute atomic E-state index is 11.1. The van der Waals surface area contributed by atoms with Gasteiger partial charge in [0.2, 0.25) is 5.91 Å². The summed E-state index contributed by atoms with van der Waals surface area (Å²) in [7, 11) is 0. The summed E-state index contributed by atoms with van der Waals surface area (Å²) in [5.41, 5.74) is 2.63. The van der Waals surface area contributed by atoms with E-state index < -0.39 is 0 Å². The Morgan fingerprint density at radius 1 is 1.40 bits per heavy atom. The van der Waals surface area contributed by atoms with E-state index in [1.807, 2.05) is 12.1 Å². The molecule has 1 aliphatic carbocycles. The summed E-state index contributed by atoms with van der Waals surface area (Å²) >= 11 is 0. The third kappa shape index (κ3) is 3.60. The standard InChI is InChI=1S/C17H26N2O/c1-4-17(9-6-10-17)12-18-13(2)15-7-5-8-16(11-15)19-14(3)20/h5,7-8,11,13,18H,4,6,9-10,12H2,1-3H3,(H,19,20). The predicted molar refractivity (Wildman–Crippen MR) is 83.7 cm³/mol. The highest BCUT2D eigenvalue weighted by molar-refractivity contribution is 5.88. The summed E-state index contributed by atoms with van der Waals surface area (Å²) in [5, 5.41) is 6.50. The van der Waals surface area contributed by atoms with E-state index in [0.29, 0.717) is 11.5 Å². The van der Waals surface area contributed by atoms with Crippen LogP contribution in [0.3, 0.4) is 0 Å². The van der Waals surface area contributed by atoms with Crippen LogP contribution in [0.1, 0.15) is 58.1 Å². The molecule has 0 aromatic heterocycles. The van der Waals surface area contributed by atoms with Crippen LogP contribution in [0.25, 0.3) is 0 Å². The quantitative estimate of drug-likeness (QED) is 0.826. The van der Waals surface area contributed by atoms with Crippen LogP contribution in [-0.2, 0) is 4.79 Å². The number of hydrogen-bond donors (Lipinski definition) is 2. The topological polar surface area (TPSA) is 41.1 Å². The molecule has 0 spiro atoms. The third-order valence-electron chi connectivity index (χ3n) is 4.65. The van der Waals surface area contributed by atoms with E-state index in [1.165, 1.54) is 38.2 Å². The third-order valence-corrected chi connectivity index (χ3v) is 4.65. The van der Waals surface area contributed by atoms with Crippen molar-refractivity contribution in [3.05, 3.63) is 29.8 Å². The van der Waals surface area contributed by atoms with Gasteiger partial charge in [-0.25, -0.2) is 0 Å². The Balaban J connectivity index is 1.94. The molecule has 1 amide bonds. The molecule has 20 heavy (non-hydrogen) atoms. The number of benzene rings is 1. The molecule has 3 nitrogen and oxygen atoms in total. The SMILES string of the molecule is CCC1(CNC(C)c2cccc(NC(C)=O)c2)CCC1. The van der Waals surface area contributed by atoms with Crippen LogP contribution in [0.4, 0.5) is 5.69 Å². The van der Waals surface area contributed by atoms with Gasteiger partial charge in [-0.1, -0.05) is 25.5 Å². The number of rotatable bonds is 6. The molecule has 0 heterocycles. The molecule has 1 saturated carbocycles. The molecule has 3 heteroatoms. The molecule has 2 N–H and O–H groups in total. The predicted octanol–water partition coefficient (Wildman–Crippen LogP) is 3.88. The second-order valence-electron chi connectivity index (χ2n) is 6.12. The molecule has 0 saturated heterocycles. The van der Waals surface area contributed by atoms with Crippen molar-refractivity contribution in [1.82, 2.24) is 5.32 Å². The van der Waals surface area contributed by atoms with Gasteiger partial charge in [-0.2, -0.15) is 0 Å². The van der Waals surface area contributed by atoms with E-state index in [-0.39, 0.29) is 5.91 Å². The zero-order valence-electron chi connectivity index (χ0n) is 12.8. The van der Waals surface area contributed by atoms with Gasteiger partial charge in [-0.15, -0.1) is 0 Å². The number of amides is 1. The Morgan fingerprint density at radius 3 is 2.70 bits per heavy atom. The first-order valence-electron chi connectivity index (χ1n) is 7.66. The molecule has 110 valence electrons. The lowest BCUT2D eigenvalue weighted by molar-refractivity contribution is -0.114. The van der Waals surface area contributed by atoms with Crippen molar-refractivity contribution in [1.29, 1.82) is 0 Å². The lowest BCUT2D eigenvalue weighted by atomic mass is 9.67. The van der Waals surface area contributed by atoms with Gasteiger partial charge in [-0.3, -0.25) is 4.79 Å². The molecule has 2 rings (SSSR count). The van der Waals surface area contributed by atoms with Crippen molar-refractivity contribution in [2.24, 2.45) is 5.41 Å². The van der Waals surface area contributed by atoms with Gasteiger partial charge in [-0.05, 0) is 49.3 Å². The fourth-order valence-corrected chi connectivity index (χ4v) is 2.91. The zero-order chi connectivity index (χ0) is 14.6. The average molecular weight is 274 g/mol. The lowest BCUT2D eigenvalue weighted by Crippen LogP contribution is -2.40. The summed E-state index contributed by atoms with van der Waals surface area (Å²) in [6.45, 7) is 7.11. The Labute approximate surface area is 122 Å². The van der Waals surface area contributed by atoms with Crippen LogP contribution < -0.4 is 10.6 Å². The maximum atomic E-state index is 11.1. The Bertz CT molecular complexity index is 460. The van der Waals surface area contributed by atoms with Crippen molar-refractivity contribution < 1.29 is 4.79 Å². The first-order valence-corrected chi connectivity index (χ1v) is 7.66. The van der Waals surface area contributed by atoms with E-state index >= 15 is 0 Å². The Hall–Kier alpha value is -1.35. The molecular formula is C17H26N2O. The minimum Gasteiger partial charge on any atom is -0.326 e. The summed E-state index contributed by atoms with van der Waals surface area (Å²) < 4.78 is 0. The number of nitrogens with one attached hydrogen (secondary N) is 2. The molecule has 0 bridgehead atoms. The second-order valence-corrected chi connectivity index (χ2v) is 6.12. The monoisotopic (exact) mass is 274 g/mol. The summed E-state index contributed by atoms with van der Waals surface area (Å²) in [5.74, 6) is -0.0258. The van der Waals surface area contributed by atoms with Crippen molar-refractivity contribution in [3.63, 3.8) is 0 Å². The van der Waals surface area contributed by atoms with Crippen molar-refractivity contribution in [3.8, 4) is 0 Å². The van der Waals surface area contributed by atoms with Gasteiger partial charge in [0.15, 0.2) is 0 Å². The smallest absolute Gasteiger partial charge is 0.221 e. The molecule has 1 unspecified atom stereocenters. The number of carbonyl (C=O) groups excluding carboxylic acids is 1. The van der Waals surface area contributed by atoms with Gasteiger partial charge in [0, 0.05) is 25.2 Å². The van der Waals surface area contributed by atoms with Crippen LogP contribution in [0.2, 0.25) is 0 Å². The number of carbonyl (C=O) groups is 1. The highest BCUT2D eigenvalue weighted by Gasteiger charge is 2.34. The first-order chi connectivity index (χ1) is 9.54. The van der Waals surface area contributed by atoms with Crippen LogP contribution in [0.15, 0.2) is 24.3 Å². The van der Waals surface area contributed by atoms with Crippen LogP contribution in [0.5, 0.6) is 0 Å². The minimum atomic E-state index is -0.0258. The van der Waals surface area contributed by atoms with Gasteiger partial charge in [0.25, 0.3) is 0 Å². The van der Waals surface area contributed by atoms with Crippen molar-refractivity contribution in [2.45, 2.75) is 52.5 Å². The molecule has 1 aromatic carbocycles. The first kappa shape index (κ1) is 15.0. The number of hydrogen-bond acceptors (Lipinski definition) is 2. The lowest BCUT2D eigenvalue weighted by Gasteiger charge is -2.42. The molecular weight excluding hydrogens is 248 g/mol. The van der Waals surface area contributed by atoms with E-state index in [4.69, 9.17) is 0 Å². The fraction of sp³-hybridized carbons (Fsp3) is 0.588. The van der Waals surface area contributed by atoms with Gasteiger partial charge >= 0.3 is 0 Å². The molecule has 1 aliphatic rings. The Morgan fingerprint density at radius 2 is 2.15 bits per heavy atom. The maximum Gasteiger partial charge on any atom is 0.221 e.